The van der Waals surface area contributed by atoms with Gasteiger partial charge in [0.25, 0.3) is 0 Å². The molecule has 1 heterocycles. The summed E-state index contributed by atoms with van der Waals surface area (Å²) in [6.45, 7) is 2.28. The molecular formula is C22H40BO. The van der Waals surface area contributed by atoms with Crippen LogP contribution in [0, 0.1) is 5.92 Å². The van der Waals surface area contributed by atoms with Crippen molar-refractivity contribution in [1.29, 1.82) is 0 Å². The summed E-state index contributed by atoms with van der Waals surface area (Å²) in [5.41, 5.74) is 0.428. The van der Waals surface area contributed by atoms with E-state index >= 15 is 0 Å². The van der Waals surface area contributed by atoms with Crippen molar-refractivity contribution in [2.75, 3.05) is 0 Å². The minimum Gasteiger partial charge on any atom is -0.312 e. The Labute approximate surface area is 152 Å². The first-order valence-electron chi connectivity index (χ1n) is 10.9. The van der Waals surface area contributed by atoms with E-state index in [9.17, 15) is 4.79 Å². The van der Waals surface area contributed by atoms with Crippen LogP contribution in [0.3, 0.4) is 0 Å². The highest BCUT2D eigenvalue weighted by molar-refractivity contribution is 6.74. The van der Waals surface area contributed by atoms with Crippen molar-refractivity contribution in [3.8, 4) is 0 Å². The summed E-state index contributed by atoms with van der Waals surface area (Å²) in [5.74, 6) is 0.364. The van der Waals surface area contributed by atoms with Gasteiger partial charge in [-0.2, -0.15) is 0 Å². The summed E-state index contributed by atoms with van der Waals surface area (Å²) >= 11 is 0. The molecule has 1 atom stereocenters. The predicted octanol–water partition coefficient (Wildman–Crippen LogP) is 7.08. The van der Waals surface area contributed by atoms with Gasteiger partial charge < -0.3 is 4.79 Å². The maximum absolute atomic E-state index is 11.7. The average Bonchev–Trinajstić information content (AvgIpc) is 2.60. The lowest BCUT2D eigenvalue weighted by atomic mass is 9.58. The van der Waals surface area contributed by atoms with Gasteiger partial charge in [-0.05, 0) is 38.5 Å². The van der Waals surface area contributed by atoms with Crippen LogP contribution >= 0.6 is 0 Å². The zero-order chi connectivity index (χ0) is 17.3. The van der Waals surface area contributed by atoms with Crippen molar-refractivity contribution in [1.82, 2.24) is 0 Å². The number of carbonyl (C=O) groups is 1. The lowest BCUT2D eigenvalue weighted by Crippen LogP contribution is -2.25. The van der Waals surface area contributed by atoms with E-state index in [0.29, 0.717) is 11.6 Å². The van der Waals surface area contributed by atoms with E-state index in [1.807, 2.05) is 7.28 Å². The van der Waals surface area contributed by atoms with Gasteiger partial charge in [0.05, 0.1) is 5.68 Å². The van der Waals surface area contributed by atoms with Crippen LogP contribution in [-0.4, -0.2) is 13.0 Å². The van der Waals surface area contributed by atoms with Gasteiger partial charge in [0.15, 0.2) is 0 Å². The summed E-state index contributed by atoms with van der Waals surface area (Å²) in [6.07, 6.45) is 26.8. The molecule has 0 aliphatic carbocycles. The Balaban J connectivity index is 1.78. The van der Waals surface area contributed by atoms with Gasteiger partial charge in [-0.15, -0.1) is 0 Å². The van der Waals surface area contributed by atoms with Gasteiger partial charge in [0.2, 0.25) is 7.28 Å². The molecule has 1 rings (SSSR count). The number of hydrogen-bond acceptors (Lipinski definition) is 1. The maximum atomic E-state index is 11.7. The van der Waals surface area contributed by atoms with Crippen LogP contribution in [0.4, 0.5) is 0 Å². The van der Waals surface area contributed by atoms with Gasteiger partial charge in [0, 0.05) is 5.92 Å². The third-order valence-corrected chi connectivity index (χ3v) is 5.32. The highest BCUT2D eigenvalue weighted by Gasteiger charge is 2.21. The Kier molecular flexibility index (Phi) is 14.3. The van der Waals surface area contributed by atoms with Crippen molar-refractivity contribution in [3.05, 3.63) is 12.2 Å². The first-order chi connectivity index (χ1) is 11.8. The Hall–Kier alpha value is -0.525. The SMILES string of the molecule is CCCCCCCC/C=C\CCCCCCCC1CCC[B]C1=O. The normalized spacial score (nSPS) is 18.2. The van der Waals surface area contributed by atoms with Crippen LogP contribution in [0.5, 0.6) is 0 Å². The fraction of sp³-hybridized carbons (Fsp3) is 0.864. The molecule has 0 aromatic rings. The zero-order valence-corrected chi connectivity index (χ0v) is 16.2. The number of rotatable bonds is 15. The number of hydrogen-bond donors (Lipinski definition) is 0. The van der Waals surface area contributed by atoms with Gasteiger partial charge in [-0.25, -0.2) is 0 Å². The van der Waals surface area contributed by atoms with Crippen LogP contribution in [-0.2, 0) is 4.79 Å². The number of allylic oxidation sites excluding steroid dienone is 2. The van der Waals surface area contributed by atoms with E-state index in [1.54, 1.807) is 0 Å². The van der Waals surface area contributed by atoms with Gasteiger partial charge in [-0.3, -0.25) is 0 Å². The summed E-state index contributed by atoms with van der Waals surface area (Å²) in [4.78, 5) is 11.7. The molecule has 0 aromatic carbocycles. The molecule has 1 saturated heterocycles. The van der Waals surface area contributed by atoms with Gasteiger partial charge in [-0.1, -0.05) is 89.6 Å². The van der Waals surface area contributed by atoms with Gasteiger partial charge >= 0.3 is 0 Å². The molecule has 0 aromatic heterocycles. The predicted molar refractivity (Wildman–Crippen MR) is 108 cm³/mol. The molecule has 0 bridgehead atoms. The molecule has 1 aliphatic heterocycles. The first kappa shape index (κ1) is 21.5. The zero-order valence-electron chi connectivity index (χ0n) is 16.2. The Bertz CT molecular complexity index is 324. The Morgan fingerprint density at radius 1 is 0.875 bits per heavy atom. The molecule has 0 amide bonds. The van der Waals surface area contributed by atoms with Crippen LogP contribution in [0.15, 0.2) is 12.2 Å². The highest BCUT2D eigenvalue weighted by Crippen LogP contribution is 2.22. The largest absolute Gasteiger partial charge is 0.312 e. The van der Waals surface area contributed by atoms with E-state index < -0.39 is 0 Å². The molecule has 137 valence electrons. The minimum atomic E-state index is 0.364. The van der Waals surface area contributed by atoms with E-state index in [2.05, 4.69) is 19.1 Å². The van der Waals surface area contributed by atoms with E-state index in [1.165, 1.54) is 89.9 Å². The molecule has 2 heteroatoms. The molecule has 1 nitrogen and oxygen atoms in total. The standard InChI is InChI=1S/C22H40BO/c1-2-3-4-5-6-7-8-9-10-11-12-13-14-15-16-18-21-19-17-20-23-22(21)24/h9-10,21H,2-8,11-20H2,1H3/b10-9-. The first-order valence-corrected chi connectivity index (χ1v) is 10.9. The van der Waals surface area contributed by atoms with Crippen LogP contribution in [0.1, 0.15) is 110 Å². The summed E-state index contributed by atoms with van der Waals surface area (Å²) < 4.78 is 0. The molecule has 1 unspecified atom stereocenters. The number of unbranched alkanes of at least 4 members (excludes halogenated alkanes) is 11. The molecule has 1 fully saturated rings. The second-order valence-corrected chi connectivity index (χ2v) is 7.61. The molecule has 1 aliphatic rings. The minimum absolute atomic E-state index is 0.364. The third kappa shape index (κ3) is 11.9. The van der Waals surface area contributed by atoms with Crippen LogP contribution in [0.2, 0.25) is 6.32 Å². The molecule has 24 heavy (non-hydrogen) atoms. The molecule has 1 radical (unpaired) electrons. The van der Waals surface area contributed by atoms with E-state index in [4.69, 9.17) is 0 Å². The molecule has 0 spiro atoms. The quantitative estimate of drug-likeness (QED) is 0.178. The average molecular weight is 331 g/mol. The lowest BCUT2D eigenvalue weighted by Gasteiger charge is -2.19. The Morgan fingerprint density at radius 2 is 1.46 bits per heavy atom. The maximum Gasteiger partial charge on any atom is 0.202 e. The smallest absolute Gasteiger partial charge is 0.202 e. The Morgan fingerprint density at radius 3 is 2.08 bits per heavy atom. The third-order valence-electron chi connectivity index (χ3n) is 5.32. The van der Waals surface area contributed by atoms with Crippen molar-refractivity contribution in [2.24, 2.45) is 5.92 Å². The topological polar surface area (TPSA) is 17.1 Å². The van der Waals surface area contributed by atoms with Crippen LogP contribution in [0.25, 0.3) is 0 Å². The monoisotopic (exact) mass is 331 g/mol. The van der Waals surface area contributed by atoms with E-state index in [0.717, 1.165) is 19.2 Å². The summed E-state index contributed by atoms with van der Waals surface area (Å²) in [7, 11) is 1.92. The molecule has 0 saturated carbocycles. The molecular weight excluding hydrogens is 291 g/mol. The van der Waals surface area contributed by atoms with Gasteiger partial charge in [0.1, 0.15) is 0 Å². The van der Waals surface area contributed by atoms with Crippen molar-refractivity contribution >= 4 is 13.0 Å². The summed E-state index contributed by atoms with van der Waals surface area (Å²) in [6, 6.07) is 0. The number of carbonyl (C=O) groups excluding carboxylic acids is 1. The van der Waals surface area contributed by atoms with Crippen molar-refractivity contribution < 1.29 is 4.79 Å². The second-order valence-electron chi connectivity index (χ2n) is 7.61. The second kappa shape index (κ2) is 16.0. The summed E-state index contributed by atoms with van der Waals surface area (Å²) in [5, 5.41) is 0. The lowest BCUT2D eigenvalue weighted by molar-refractivity contribution is -0.116. The highest BCUT2D eigenvalue weighted by atomic mass is 16.1. The molecule has 0 N–H and O–H groups in total. The fourth-order valence-electron chi connectivity index (χ4n) is 3.67. The van der Waals surface area contributed by atoms with E-state index in [-0.39, 0.29) is 0 Å². The van der Waals surface area contributed by atoms with Crippen LogP contribution < -0.4 is 0 Å². The van der Waals surface area contributed by atoms with Crippen molar-refractivity contribution in [3.63, 3.8) is 0 Å². The van der Waals surface area contributed by atoms with Crippen molar-refractivity contribution in [2.45, 2.75) is 116 Å². The fourth-order valence-corrected chi connectivity index (χ4v) is 3.67.